The number of Topliss-reactive ketones (excluding diaryl/α,β-unsaturated/α-hetero) is 2. The minimum atomic E-state index is -4.61. The van der Waals surface area contributed by atoms with Crippen LogP contribution in [0.25, 0.3) is 0 Å². The average Bonchev–Trinajstić information content (AvgIpc) is 2.95. The van der Waals surface area contributed by atoms with Crippen molar-refractivity contribution in [2.45, 2.75) is 19.0 Å². The Kier molecular flexibility index (Phi) is 2.66. The summed E-state index contributed by atoms with van der Waals surface area (Å²) < 4.78 is 39.6. The zero-order valence-corrected chi connectivity index (χ0v) is 11.9. The smallest absolute Gasteiger partial charge is 0.293 e. The first-order valence-corrected chi connectivity index (χ1v) is 7.21. The van der Waals surface area contributed by atoms with E-state index in [2.05, 4.69) is 0 Å². The van der Waals surface area contributed by atoms with Crippen molar-refractivity contribution < 1.29 is 22.8 Å². The van der Waals surface area contributed by atoms with E-state index in [9.17, 15) is 22.8 Å². The van der Waals surface area contributed by atoms with E-state index in [1.165, 1.54) is 12.1 Å². The summed E-state index contributed by atoms with van der Waals surface area (Å²) in [4.78, 5) is 25.6. The standard InChI is InChI=1S/C18H11F3O2/c19-18(20,21)13-7-3-5-11-9-17(16(23)14(11)13)8-10-4-1-2-6-12(10)15(17)22/h1-7H,8-9H2/t17-/m0/s1. The maximum Gasteiger partial charge on any atom is 0.417 e. The lowest BCUT2D eigenvalue weighted by molar-refractivity contribution is -0.137. The van der Waals surface area contributed by atoms with Crippen LogP contribution in [0.3, 0.4) is 0 Å². The van der Waals surface area contributed by atoms with Crippen LogP contribution in [-0.2, 0) is 19.0 Å². The molecule has 1 spiro atoms. The lowest BCUT2D eigenvalue weighted by atomic mass is 9.79. The fraction of sp³-hybridized carbons (Fsp3) is 0.222. The van der Waals surface area contributed by atoms with E-state index in [1.54, 1.807) is 24.3 Å². The molecule has 0 heterocycles. The molecule has 2 aliphatic carbocycles. The molecular formula is C18H11F3O2. The van der Waals surface area contributed by atoms with Gasteiger partial charge >= 0.3 is 6.18 Å². The minimum Gasteiger partial charge on any atom is -0.293 e. The topological polar surface area (TPSA) is 34.1 Å². The predicted octanol–water partition coefficient (Wildman–Crippen LogP) is 3.87. The molecule has 2 aromatic carbocycles. The average molecular weight is 316 g/mol. The second kappa shape index (κ2) is 4.31. The summed E-state index contributed by atoms with van der Waals surface area (Å²) in [6.07, 6.45) is -4.40. The third kappa shape index (κ3) is 1.76. The summed E-state index contributed by atoms with van der Waals surface area (Å²) in [5.41, 5.74) is -1.19. The van der Waals surface area contributed by atoms with Gasteiger partial charge in [0, 0.05) is 11.1 Å². The van der Waals surface area contributed by atoms with Crippen LogP contribution in [0.5, 0.6) is 0 Å². The molecule has 1 atom stereocenters. The van der Waals surface area contributed by atoms with E-state index in [1.807, 2.05) is 0 Å². The molecular weight excluding hydrogens is 305 g/mol. The number of halogens is 3. The van der Waals surface area contributed by atoms with Gasteiger partial charge in [-0.25, -0.2) is 0 Å². The number of alkyl halides is 3. The van der Waals surface area contributed by atoms with Gasteiger partial charge in [0.2, 0.25) is 0 Å². The molecule has 2 aromatic rings. The maximum absolute atomic E-state index is 13.2. The van der Waals surface area contributed by atoms with Gasteiger partial charge in [-0.15, -0.1) is 0 Å². The quantitative estimate of drug-likeness (QED) is 0.692. The number of fused-ring (bicyclic) bond motifs is 2. The monoisotopic (exact) mass is 316 g/mol. The van der Waals surface area contributed by atoms with Gasteiger partial charge in [0.05, 0.1) is 5.56 Å². The molecule has 0 bridgehead atoms. The van der Waals surface area contributed by atoms with Crippen molar-refractivity contribution in [2.75, 3.05) is 0 Å². The molecule has 0 fully saturated rings. The van der Waals surface area contributed by atoms with E-state index in [-0.39, 0.29) is 24.2 Å². The van der Waals surface area contributed by atoms with E-state index in [0.717, 1.165) is 11.6 Å². The van der Waals surface area contributed by atoms with Crippen molar-refractivity contribution in [1.29, 1.82) is 0 Å². The van der Waals surface area contributed by atoms with Crippen LogP contribution in [0.15, 0.2) is 42.5 Å². The zero-order chi connectivity index (χ0) is 16.4. The molecule has 0 N–H and O–H groups in total. The van der Waals surface area contributed by atoms with Crippen LogP contribution >= 0.6 is 0 Å². The molecule has 4 rings (SSSR count). The van der Waals surface area contributed by atoms with Gasteiger partial charge in [-0.3, -0.25) is 9.59 Å². The van der Waals surface area contributed by atoms with Crippen molar-refractivity contribution in [3.05, 3.63) is 70.3 Å². The summed E-state index contributed by atoms with van der Waals surface area (Å²) >= 11 is 0. The molecule has 0 radical (unpaired) electrons. The largest absolute Gasteiger partial charge is 0.417 e. The molecule has 5 heteroatoms. The normalized spacial score (nSPS) is 22.6. The molecule has 0 saturated heterocycles. The molecule has 23 heavy (non-hydrogen) atoms. The SMILES string of the molecule is O=C1c2ccccc2C[C@]12Cc1cccc(C(F)(F)F)c1C2=O. The Hall–Kier alpha value is -2.43. The predicted molar refractivity (Wildman–Crippen MR) is 76.4 cm³/mol. The summed E-state index contributed by atoms with van der Waals surface area (Å²) in [6, 6.07) is 10.6. The van der Waals surface area contributed by atoms with Gasteiger partial charge in [0.15, 0.2) is 11.6 Å². The highest BCUT2D eigenvalue weighted by Crippen LogP contribution is 2.49. The van der Waals surface area contributed by atoms with Crippen LogP contribution < -0.4 is 0 Å². The number of hydrogen-bond donors (Lipinski definition) is 0. The van der Waals surface area contributed by atoms with Crippen molar-refractivity contribution in [3.63, 3.8) is 0 Å². The third-order valence-electron chi connectivity index (χ3n) is 4.80. The van der Waals surface area contributed by atoms with E-state index in [0.29, 0.717) is 11.1 Å². The van der Waals surface area contributed by atoms with Crippen molar-refractivity contribution in [2.24, 2.45) is 5.41 Å². The molecule has 0 amide bonds. The molecule has 2 aliphatic rings. The lowest BCUT2D eigenvalue weighted by Gasteiger charge is -2.19. The molecule has 0 aliphatic heterocycles. The summed E-state index contributed by atoms with van der Waals surface area (Å²) in [6.45, 7) is 0. The number of carbonyl (C=O) groups is 2. The highest BCUT2D eigenvalue weighted by Gasteiger charge is 2.57. The molecule has 2 nitrogen and oxygen atoms in total. The third-order valence-corrected chi connectivity index (χ3v) is 4.80. The summed E-state index contributed by atoms with van der Waals surface area (Å²) in [5.74, 6) is -1.05. The first-order chi connectivity index (χ1) is 10.8. The van der Waals surface area contributed by atoms with Crippen molar-refractivity contribution in [1.82, 2.24) is 0 Å². The first kappa shape index (κ1) is 14.2. The molecule has 116 valence electrons. The van der Waals surface area contributed by atoms with Crippen molar-refractivity contribution in [3.8, 4) is 0 Å². The fourth-order valence-corrected chi connectivity index (χ4v) is 3.78. The highest BCUT2D eigenvalue weighted by molar-refractivity contribution is 6.25. The molecule has 0 unspecified atom stereocenters. The van der Waals surface area contributed by atoms with Crippen LogP contribution in [0.1, 0.15) is 37.4 Å². The van der Waals surface area contributed by atoms with E-state index >= 15 is 0 Å². The second-order valence-corrected chi connectivity index (χ2v) is 6.09. The number of benzene rings is 2. The first-order valence-electron chi connectivity index (χ1n) is 7.21. The lowest BCUT2D eigenvalue weighted by Crippen LogP contribution is -2.35. The van der Waals surface area contributed by atoms with Gasteiger partial charge in [-0.05, 0) is 30.0 Å². The Bertz CT molecular complexity index is 867. The number of carbonyl (C=O) groups excluding carboxylic acids is 2. The number of rotatable bonds is 0. The van der Waals surface area contributed by atoms with E-state index in [4.69, 9.17) is 0 Å². The zero-order valence-electron chi connectivity index (χ0n) is 11.9. The Labute approximate surface area is 129 Å². The Morgan fingerprint density at radius 2 is 1.48 bits per heavy atom. The Morgan fingerprint density at radius 1 is 0.826 bits per heavy atom. The van der Waals surface area contributed by atoms with E-state index < -0.39 is 22.9 Å². The van der Waals surface area contributed by atoms with Gasteiger partial charge in [0.25, 0.3) is 0 Å². The Morgan fingerprint density at radius 3 is 2.17 bits per heavy atom. The number of ketones is 2. The minimum absolute atomic E-state index is 0.0403. The van der Waals surface area contributed by atoms with Crippen molar-refractivity contribution >= 4 is 11.6 Å². The highest BCUT2D eigenvalue weighted by atomic mass is 19.4. The number of hydrogen-bond acceptors (Lipinski definition) is 2. The molecule has 0 aromatic heterocycles. The van der Waals surface area contributed by atoms with Gasteiger partial charge in [0.1, 0.15) is 5.41 Å². The van der Waals surface area contributed by atoms with Gasteiger partial charge < -0.3 is 0 Å². The Balaban J connectivity index is 1.88. The van der Waals surface area contributed by atoms with Crippen LogP contribution in [0.4, 0.5) is 13.2 Å². The van der Waals surface area contributed by atoms with Crippen LogP contribution in [0.2, 0.25) is 0 Å². The summed E-state index contributed by atoms with van der Waals surface area (Å²) in [5, 5.41) is 0. The molecule has 0 saturated carbocycles. The van der Waals surface area contributed by atoms with Gasteiger partial charge in [-0.2, -0.15) is 13.2 Å². The van der Waals surface area contributed by atoms with Gasteiger partial charge in [-0.1, -0.05) is 36.4 Å². The maximum atomic E-state index is 13.2. The van der Waals surface area contributed by atoms with Crippen LogP contribution in [0, 0.1) is 5.41 Å². The fourth-order valence-electron chi connectivity index (χ4n) is 3.78. The van der Waals surface area contributed by atoms with Crippen LogP contribution in [-0.4, -0.2) is 11.6 Å². The second-order valence-electron chi connectivity index (χ2n) is 6.09. The summed E-state index contributed by atoms with van der Waals surface area (Å²) in [7, 11) is 0.